The van der Waals surface area contributed by atoms with Crippen LogP contribution in [0.4, 0.5) is 0 Å². The number of nitrogens with one attached hydrogen (secondary N) is 1. The maximum atomic E-state index is 12.4. The third-order valence-corrected chi connectivity index (χ3v) is 5.71. The van der Waals surface area contributed by atoms with Crippen LogP contribution in [0.1, 0.15) is 36.8 Å². The zero-order valence-electron chi connectivity index (χ0n) is 16.3. The zero-order chi connectivity index (χ0) is 20.0. The molecule has 5 heteroatoms. The highest BCUT2D eigenvalue weighted by Crippen LogP contribution is 2.43. The normalized spacial score (nSPS) is 15.5. The molecule has 0 bridgehead atoms. The van der Waals surface area contributed by atoms with Gasteiger partial charge < -0.3 is 14.8 Å². The van der Waals surface area contributed by atoms with Crippen LogP contribution in [-0.2, 0) is 10.2 Å². The number of halogens is 1. The summed E-state index contributed by atoms with van der Waals surface area (Å²) in [7, 11) is 3.28. The fourth-order valence-electron chi connectivity index (χ4n) is 3.85. The van der Waals surface area contributed by atoms with Crippen LogP contribution >= 0.6 is 11.6 Å². The van der Waals surface area contributed by atoms with E-state index < -0.39 is 0 Å². The molecule has 0 atom stereocenters. The van der Waals surface area contributed by atoms with Crippen molar-refractivity contribution in [3.05, 3.63) is 64.7 Å². The Kier molecular flexibility index (Phi) is 6.63. The van der Waals surface area contributed by atoms with Gasteiger partial charge in [-0.05, 0) is 54.3 Å². The van der Waals surface area contributed by atoms with E-state index in [1.54, 1.807) is 26.4 Å². The van der Waals surface area contributed by atoms with E-state index in [4.69, 9.17) is 21.1 Å². The molecule has 28 heavy (non-hydrogen) atoms. The van der Waals surface area contributed by atoms with Crippen LogP contribution in [0, 0.1) is 0 Å². The van der Waals surface area contributed by atoms with Gasteiger partial charge in [0.15, 0.2) is 11.5 Å². The molecular weight excluding hydrogens is 374 g/mol. The van der Waals surface area contributed by atoms with Crippen molar-refractivity contribution in [3.63, 3.8) is 0 Å². The van der Waals surface area contributed by atoms with E-state index in [2.05, 4.69) is 11.4 Å². The van der Waals surface area contributed by atoms with Gasteiger partial charge >= 0.3 is 0 Å². The number of carbonyl (C=O) groups is 1. The van der Waals surface area contributed by atoms with Gasteiger partial charge in [-0.3, -0.25) is 4.79 Å². The Hall–Kier alpha value is -2.46. The standard InChI is InChI=1S/C23H26ClNO3/c1-27-20-11-8-18(15-21(20)28-2)23(13-3-4-14-23)16-25-22(26)12-7-17-5-9-19(24)10-6-17/h5-12,15H,3-4,13-14,16H2,1-2H3,(H,25,26)/b12-7+. The van der Waals surface area contributed by atoms with E-state index >= 15 is 0 Å². The highest BCUT2D eigenvalue weighted by atomic mass is 35.5. The van der Waals surface area contributed by atoms with Gasteiger partial charge in [-0.2, -0.15) is 0 Å². The number of benzene rings is 2. The van der Waals surface area contributed by atoms with Crippen molar-refractivity contribution in [2.24, 2.45) is 0 Å². The molecular formula is C23H26ClNO3. The van der Waals surface area contributed by atoms with E-state index in [1.807, 2.05) is 36.4 Å². The Balaban J connectivity index is 1.70. The van der Waals surface area contributed by atoms with E-state index in [0.29, 0.717) is 17.3 Å². The van der Waals surface area contributed by atoms with Crippen molar-refractivity contribution in [2.45, 2.75) is 31.1 Å². The molecule has 3 rings (SSSR count). The highest BCUT2D eigenvalue weighted by Gasteiger charge is 2.36. The summed E-state index contributed by atoms with van der Waals surface area (Å²) >= 11 is 5.89. The van der Waals surface area contributed by atoms with Gasteiger partial charge in [0.25, 0.3) is 0 Å². The van der Waals surface area contributed by atoms with Crippen LogP contribution in [0.3, 0.4) is 0 Å². The molecule has 0 saturated heterocycles. The van der Waals surface area contributed by atoms with E-state index in [-0.39, 0.29) is 11.3 Å². The number of hydrogen-bond donors (Lipinski definition) is 1. The molecule has 0 aliphatic heterocycles. The molecule has 0 aromatic heterocycles. The van der Waals surface area contributed by atoms with Crippen molar-refractivity contribution in [3.8, 4) is 11.5 Å². The summed E-state index contributed by atoms with van der Waals surface area (Å²) in [5.74, 6) is 1.34. The van der Waals surface area contributed by atoms with Crippen LogP contribution < -0.4 is 14.8 Å². The summed E-state index contributed by atoms with van der Waals surface area (Å²) in [6.45, 7) is 0.603. The van der Waals surface area contributed by atoms with Gasteiger partial charge in [0.2, 0.25) is 5.91 Å². The number of hydrogen-bond acceptors (Lipinski definition) is 3. The summed E-state index contributed by atoms with van der Waals surface area (Å²) in [5, 5.41) is 3.77. The summed E-state index contributed by atoms with van der Waals surface area (Å²) in [6, 6.07) is 13.5. The molecule has 1 amide bonds. The fourth-order valence-corrected chi connectivity index (χ4v) is 3.97. The molecule has 1 aliphatic rings. The Morgan fingerprint density at radius 3 is 2.39 bits per heavy atom. The molecule has 0 heterocycles. The molecule has 148 valence electrons. The summed E-state index contributed by atoms with van der Waals surface area (Å²) in [4.78, 5) is 12.4. The first-order chi connectivity index (χ1) is 13.6. The van der Waals surface area contributed by atoms with Gasteiger partial charge in [0.05, 0.1) is 14.2 Å². The lowest BCUT2D eigenvalue weighted by molar-refractivity contribution is -0.116. The predicted octanol–water partition coefficient (Wildman–Crippen LogP) is 5.00. The third-order valence-electron chi connectivity index (χ3n) is 5.45. The first-order valence-electron chi connectivity index (χ1n) is 9.50. The number of rotatable bonds is 7. The van der Waals surface area contributed by atoms with Crippen molar-refractivity contribution in [1.82, 2.24) is 5.32 Å². The molecule has 4 nitrogen and oxygen atoms in total. The van der Waals surface area contributed by atoms with E-state index in [0.717, 1.165) is 37.0 Å². The third kappa shape index (κ3) is 4.68. The van der Waals surface area contributed by atoms with Gasteiger partial charge in [0, 0.05) is 23.1 Å². The molecule has 2 aromatic rings. The molecule has 1 N–H and O–H groups in total. The summed E-state index contributed by atoms with van der Waals surface area (Å²) in [6.07, 6.45) is 7.77. The SMILES string of the molecule is COc1ccc(C2(CNC(=O)/C=C/c3ccc(Cl)cc3)CCCC2)cc1OC. The molecule has 1 aliphatic carbocycles. The lowest BCUT2D eigenvalue weighted by Crippen LogP contribution is -2.38. The molecule has 2 aromatic carbocycles. The monoisotopic (exact) mass is 399 g/mol. The first kappa shape index (κ1) is 20.3. The van der Waals surface area contributed by atoms with E-state index in [1.165, 1.54) is 5.56 Å². The van der Waals surface area contributed by atoms with Crippen LogP contribution in [-0.4, -0.2) is 26.7 Å². The Labute approximate surface area is 171 Å². The topological polar surface area (TPSA) is 47.6 Å². The number of amides is 1. The average Bonchev–Trinajstić information content (AvgIpc) is 3.21. The minimum Gasteiger partial charge on any atom is -0.493 e. The summed E-state index contributed by atoms with van der Waals surface area (Å²) in [5.41, 5.74) is 2.06. The van der Waals surface area contributed by atoms with Gasteiger partial charge in [0.1, 0.15) is 0 Å². The number of carbonyl (C=O) groups excluding carboxylic acids is 1. The Bertz CT molecular complexity index is 839. The minimum atomic E-state index is -0.0956. The highest BCUT2D eigenvalue weighted by molar-refractivity contribution is 6.30. The smallest absolute Gasteiger partial charge is 0.244 e. The number of ether oxygens (including phenoxy) is 2. The largest absolute Gasteiger partial charge is 0.493 e. The van der Waals surface area contributed by atoms with Crippen molar-refractivity contribution < 1.29 is 14.3 Å². The van der Waals surface area contributed by atoms with Crippen LogP contribution in [0.15, 0.2) is 48.5 Å². The molecule has 1 saturated carbocycles. The Morgan fingerprint density at radius 2 is 1.75 bits per heavy atom. The molecule has 0 spiro atoms. The first-order valence-corrected chi connectivity index (χ1v) is 9.88. The van der Waals surface area contributed by atoms with Crippen molar-refractivity contribution >= 4 is 23.6 Å². The lowest BCUT2D eigenvalue weighted by atomic mass is 9.78. The second kappa shape index (κ2) is 9.16. The lowest BCUT2D eigenvalue weighted by Gasteiger charge is -2.30. The van der Waals surface area contributed by atoms with Crippen LogP contribution in [0.2, 0.25) is 5.02 Å². The van der Waals surface area contributed by atoms with Crippen LogP contribution in [0.25, 0.3) is 6.08 Å². The second-order valence-corrected chi connectivity index (χ2v) is 7.60. The number of methoxy groups -OCH3 is 2. The molecule has 1 fully saturated rings. The van der Waals surface area contributed by atoms with Crippen molar-refractivity contribution in [2.75, 3.05) is 20.8 Å². The van der Waals surface area contributed by atoms with Gasteiger partial charge in [-0.15, -0.1) is 0 Å². The fraction of sp³-hybridized carbons (Fsp3) is 0.348. The quantitative estimate of drug-likeness (QED) is 0.666. The minimum absolute atomic E-state index is 0.0661. The average molecular weight is 400 g/mol. The maximum Gasteiger partial charge on any atom is 0.244 e. The summed E-state index contributed by atoms with van der Waals surface area (Å²) < 4.78 is 10.8. The maximum absolute atomic E-state index is 12.4. The van der Waals surface area contributed by atoms with E-state index in [9.17, 15) is 4.79 Å². The zero-order valence-corrected chi connectivity index (χ0v) is 17.1. The van der Waals surface area contributed by atoms with Gasteiger partial charge in [-0.1, -0.05) is 42.6 Å². The molecule has 0 radical (unpaired) electrons. The second-order valence-electron chi connectivity index (χ2n) is 7.16. The van der Waals surface area contributed by atoms with Crippen molar-refractivity contribution in [1.29, 1.82) is 0 Å². The van der Waals surface area contributed by atoms with Gasteiger partial charge in [-0.25, -0.2) is 0 Å². The Morgan fingerprint density at radius 1 is 1.07 bits per heavy atom. The van der Waals surface area contributed by atoms with Crippen LogP contribution in [0.5, 0.6) is 11.5 Å². The predicted molar refractivity (Wildman–Crippen MR) is 113 cm³/mol. The molecule has 0 unspecified atom stereocenters.